The topological polar surface area (TPSA) is 43.6 Å². The minimum Gasteiger partial charge on any atom is -0.309 e. The van der Waals surface area contributed by atoms with Crippen molar-refractivity contribution in [1.82, 2.24) is 19.5 Å². The largest absolute Gasteiger partial charge is 0.309 e. The lowest BCUT2D eigenvalue weighted by Crippen LogP contribution is -2.33. The van der Waals surface area contributed by atoms with E-state index in [-0.39, 0.29) is 10.8 Å². The number of para-hydroxylation sites is 1. The number of nitrogens with zero attached hydrogens (tertiary/aromatic N) is 4. The SMILES string of the molecule is CC1(C)CCC(C)(C)c2cc3c(cc21)c1ccccc1n3-c1cccc(-c2nc(-c3cccc4ccccc34)nc(-c3cccc4sc5ccccc5c34)n2)c1. The summed E-state index contributed by atoms with van der Waals surface area (Å²) in [4.78, 5) is 15.9. The molecule has 5 heteroatoms. The molecule has 0 saturated heterocycles. The Bertz CT molecular complexity index is 3210. The molecule has 0 spiro atoms. The quantitative estimate of drug-likeness (QED) is 0.180. The Morgan fingerprint density at radius 3 is 1.93 bits per heavy atom. The summed E-state index contributed by atoms with van der Waals surface area (Å²) >= 11 is 1.81. The summed E-state index contributed by atoms with van der Waals surface area (Å²) in [5.74, 6) is 1.99. The van der Waals surface area contributed by atoms with Gasteiger partial charge in [0.15, 0.2) is 17.5 Å². The van der Waals surface area contributed by atoms with Gasteiger partial charge >= 0.3 is 0 Å². The maximum absolute atomic E-state index is 5.33. The highest BCUT2D eigenvalue weighted by molar-refractivity contribution is 7.25. The third kappa shape index (κ3) is 5.07. The summed E-state index contributed by atoms with van der Waals surface area (Å²) in [5, 5.41) is 7.24. The van der Waals surface area contributed by atoms with E-state index in [1.807, 2.05) is 11.3 Å². The second-order valence-electron chi connectivity index (χ2n) is 16.7. The van der Waals surface area contributed by atoms with Gasteiger partial charge in [-0.25, -0.2) is 15.0 Å². The second kappa shape index (κ2) is 12.2. The summed E-state index contributed by atoms with van der Waals surface area (Å²) < 4.78 is 4.92. The Balaban J connectivity index is 1.16. The molecule has 0 bridgehead atoms. The van der Waals surface area contributed by atoms with E-state index < -0.39 is 0 Å². The van der Waals surface area contributed by atoms with Crippen molar-refractivity contribution in [3.8, 4) is 39.9 Å². The summed E-state index contributed by atoms with van der Waals surface area (Å²) in [7, 11) is 0. The van der Waals surface area contributed by atoms with Crippen LogP contribution in [0.3, 0.4) is 0 Å². The molecule has 10 aromatic rings. The van der Waals surface area contributed by atoms with Gasteiger partial charge in [0.1, 0.15) is 0 Å². The van der Waals surface area contributed by atoms with Crippen LogP contribution >= 0.6 is 11.3 Å². The highest BCUT2D eigenvalue weighted by atomic mass is 32.1. The molecule has 7 aromatic carbocycles. The predicted octanol–water partition coefficient (Wildman–Crippen LogP) is 13.8. The van der Waals surface area contributed by atoms with Crippen LogP contribution in [0.4, 0.5) is 0 Å². The van der Waals surface area contributed by atoms with Gasteiger partial charge < -0.3 is 4.57 Å². The third-order valence-electron chi connectivity index (χ3n) is 12.3. The maximum Gasteiger partial charge on any atom is 0.164 e. The van der Waals surface area contributed by atoms with Crippen molar-refractivity contribution in [1.29, 1.82) is 0 Å². The molecule has 0 radical (unpaired) electrons. The highest BCUT2D eigenvalue weighted by Crippen LogP contribution is 2.49. The first-order valence-corrected chi connectivity index (χ1v) is 20.4. The number of aromatic nitrogens is 4. The number of thiophene rings is 1. The summed E-state index contributed by atoms with van der Waals surface area (Å²) in [6.45, 7) is 9.64. The van der Waals surface area contributed by atoms with Crippen LogP contribution in [-0.2, 0) is 10.8 Å². The fraction of sp³-hybridized carbons (Fsp3) is 0.157. The van der Waals surface area contributed by atoms with E-state index >= 15 is 0 Å². The number of rotatable bonds is 4. The fourth-order valence-corrected chi connectivity index (χ4v) is 10.4. The van der Waals surface area contributed by atoms with Gasteiger partial charge in [-0.1, -0.05) is 131 Å². The minimum absolute atomic E-state index is 0.0953. The van der Waals surface area contributed by atoms with Crippen LogP contribution in [0.2, 0.25) is 0 Å². The van der Waals surface area contributed by atoms with Crippen molar-refractivity contribution in [2.45, 2.75) is 51.4 Å². The van der Waals surface area contributed by atoms with E-state index in [1.165, 1.54) is 65.9 Å². The lowest BCUT2D eigenvalue weighted by Gasteiger charge is -2.42. The molecule has 0 saturated carbocycles. The van der Waals surface area contributed by atoms with Gasteiger partial charge in [-0.15, -0.1) is 11.3 Å². The number of hydrogen-bond donors (Lipinski definition) is 0. The summed E-state index contributed by atoms with van der Waals surface area (Å²) in [6, 6.07) is 52.5. The van der Waals surface area contributed by atoms with Crippen LogP contribution in [0.5, 0.6) is 0 Å². The van der Waals surface area contributed by atoms with Crippen molar-refractivity contribution in [3.63, 3.8) is 0 Å². The maximum atomic E-state index is 5.33. The number of hydrogen-bond acceptors (Lipinski definition) is 4. The van der Waals surface area contributed by atoms with Crippen LogP contribution in [0.15, 0.2) is 146 Å². The molecular formula is C51H40N4S. The van der Waals surface area contributed by atoms with Crippen LogP contribution in [0.25, 0.3) is 92.6 Å². The second-order valence-corrected chi connectivity index (χ2v) is 17.8. The van der Waals surface area contributed by atoms with Crippen molar-refractivity contribution < 1.29 is 0 Å². The molecule has 56 heavy (non-hydrogen) atoms. The Kier molecular flexibility index (Phi) is 7.21. The molecule has 0 N–H and O–H groups in total. The van der Waals surface area contributed by atoms with Crippen molar-refractivity contribution in [2.24, 2.45) is 0 Å². The summed E-state index contributed by atoms with van der Waals surface area (Å²) in [6.07, 6.45) is 2.36. The predicted molar refractivity (Wildman–Crippen MR) is 236 cm³/mol. The molecular weight excluding hydrogens is 701 g/mol. The van der Waals surface area contributed by atoms with E-state index in [9.17, 15) is 0 Å². The smallest absolute Gasteiger partial charge is 0.164 e. The van der Waals surface area contributed by atoms with Crippen LogP contribution in [-0.4, -0.2) is 19.5 Å². The molecule has 1 aliphatic carbocycles. The van der Waals surface area contributed by atoms with Gasteiger partial charge in [-0.05, 0) is 88.0 Å². The van der Waals surface area contributed by atoms with Crippen molar-refractivity contribution in [2.75, 3.05) is 0 Å². The van der Waals surface area contributed by atoms with E-state index in [4.69, 9.17) is 15.0 Å². The van der Waals surface area contributed by atoms with Gasteiger partial charge in [-0.2, -0.15) is 0 Å². The minimum atomic E-state index is 0.0953. The molecule has 0 aliphatic heterocycles. The fourth-order valence-electron chi connectivity index (χ4n) is 9.22. The van der Waals surface area contributed by atoms with E-state index in [1.54, 1.807) is 0 Å². The first-order chi connectivity index (χ1) is 27.2. The first-order valence-electron chi connectivity index (χ1n) is 19.6. The standard InChI is InChI=1S/C51H40N4S/c1-50(2)26-27-51(3,4)41-30-43-39(29-40(41)50)35-19-7-9-23-42(35)55(43)33-17-11-16-32(28-33)47-52-48(36-21-12-15-31-14-5-6-18-34(31)36)54-49(53-47)38-22-13-25-45-46(38)37-20-8-10-24-44(37)56-45/h5-25,28-30H,26-27H2,1-4H3. The average Bonchev–Trinajstić information content (AvgIpc) is 3.77. The number of benzene rings is 7. The lowest BCUT2D eigenvalue weighted by molar-refractivity contribution is 0.332. The molecule has 3 heterocycles. The van der Waals surface area contributed by atoms with Crippen LogP contribution in [0.1, 0.15) is 51.7 Å². The van der Waals surface area contributed by atoms with Gasteiger partial charge in [-0.3, -0.25) is 0 Å². The van der Waals surface area contributed by atoms with Crippen molar-refractivity contribution >= 4 is 64.1 Å². The molecule has 0 amide bonds. The normalized spacial score (nSPS) is 14.9. The Hall–Kier alpha value is -6.17. The van der Waals surface area contributed by atoms with Gasteiger partial charge in [0, 0.05) is 53.3 Å². The Morgan fingerprint density at radius 1 is 0.482 bits per heavy atom. The molecule has 0 unspecified atom stereocenters. The molecule has 270 valence electrons. The zero-order chi connectivity index (χ0) is 37.8. The molecule has 1 aliphatic rings. The van der Waals surface area contributed by atoms with E-state index in [0.29, 0.717) is 17.5 Å². The zero-order valence-corrected chi connectivity index (χ0v) is 32.8. The van der Waals surface area contributed by atoms with E-state index in [0.717, 1.165) is 33.2 Å². The molecule has 0 atom stereocenters. The molecule has 3 aromatic heterocycles. The van der Waals surface area contributed by atoms with Gasteiger partial charge in [0.2, 0.25) is 0 Å². The highest BCUT2D eigenvalue weighted by Gasteiger charge is 2.38. The monoisotopic (exact) mass is 740 g/mol. The average molecular weight is 741 g/mol. The van der Waals surface area contributed by atoms with Crippen LogP contribution in [0, 0.1) is 0 Å². The Labute approximate surface area is 330 Å². The molecule has 0 fully saturated rings. The van der Waals surface area contributed by atoms with Crippen molar-refractivity contribution in [3.05, 3.63) is 157 Å². The zero-order valence-electron chi connectivity index (χ0n) is 32.0. The van der Waals surface area contributed by atoms with Gasteiger partial charge in [0.05, 0.1) is 11.0 Å². The molecule has 4 nitrogen and oxygen atoms in total. The lowest BCUT2D eigenvalue weighted by atomic mass is 9.63. The van der Waals surface area contributed by atoms with Crippen LogP contribution < -0.4 is 0 Å². The Morgan fingerprint density at radius 2 is 1.09 bits per heavy atom. The number of fused-ring (bicyclic) bond motifs is 8. The summed E-state index contributed by atoms with van der Waals surface area (Å²) in [5.41, 5.74) is 9.61. The molecule has 11 rings (SSSR count). The first kappa shape index (κ1) is 33.2. The van der Waals surface area contributed by atoms with E-state index in [2.05, 4.69) is 178 Å². The van der Waals surface area contributed by atoms with Gasteiger partial charge in [0.25, 0.3) is 0 Å². The third-order valence-corrected chi connectivity index (χ3v) is 13.5.